The smallest absolute Gasteiger partial charge is 0.748 e. The summed E-state index contributed by atoms with van der Waals surface area (Å²) in [6.45, 7) is 4.40. The van der Waals surface area contributed by atoms with Crippen LogP contribution in [0.5, 0.6) is 0 Å². The summed E-state index contributed by atoms with van der Waals surface area (Å²) in [4.78, 5) is 0. The molecule has 4 nitrogen and oxygen atoms in total. The molecule has 0 spiro atoms. The number of unbranched alkanes of at least 4 members (excludes halogenated alkanes) is 13. The Morgan fingerprint density at radius 3 is 1.43 bits per heavy atom. The van der Waals surface area contributed by atoms with E-state index in [4.69, 9.17) is 0 Å². The van der Waals surface area contributed by atoms with Crippen molar-refractivity contribution in [3.8, 4) is 0 Å². The molecular formula is C22H45NaO4S. The topological polar surface area (TPSA) is 77.4 Å². The molecule has 0 aromatic carbocycles. The van der Waals surface area contributed by atoms with E-state index in [0.29, 0.717) is 12.8 Å². The van der Waals surface area contributed by atoms with E-state index < -0.39 is 21.5 Å². The standard InChI is InChI=1S/C22H46O4S.Na/c1-3-5-7-9-11-13-15-17-19-22(27(24,25)26)20-21(23)18-16-14-12-10-8-6-4-2;/h21-23H,3-20H2,1-2H3,(H,24,25,26);/q;+1/p-1. The molecule has 0 amide bonds. The molecule has 164 valence electrons. The van der Waals surface area contributed by atoms with Crippen LogP contribution in [0.15, 0.2) is 0 Å². The molecule has 0 aromatic rings. The van der Waals surface area contributed by atoms with Gasteiger partial charge in [-0.15, -0.1) is 0 Å². The van der Waals surface area contributed by atoms with Crippen molar-refractivity contribution in [2.75, 3.05) is 0 Å². The molecule has 0 aliphatic rings. The Kier molecular flexibility index (Phi) is 23.4. The van der Waals surface area contributed by atoms with Gasteiger partial charge in [-0.2, -0.15) is 0 Å². The quantitative estimate of drug-likeness (QED) is 0.183. The molecule has 0 bridgehead atoms. The van der Waals surface area contributed by atoms with Gasteiger partial charge in [-0.1, -0.05) is 110 Å². The van der Waals surface area contributed by atoms with Gasteiger partial charge in [-0.3, -0.25) is 0 Å². The molecule has 0 fully saturated rings. The van der Waals surface area contributed by atoms with Crippen LogP contribution in [0.4, 0.5) is 0 Å². The van der Waals surface area contributed by atoms with Crippen molar-refractivity contribution in [3.05, 3.63) is 0 Å². The second-order valence-electron chi connectivity index (χ2n) is 8.18. The zero-order chi connectivity index (χ0) is 20.4. The third kappa shape index (κ3) is 20.2. The summed E-state index contributed by atoms with van der Waals surface area (Å²) in [5, 5.41) is 9.22. The van der Waals surface area contributed by atoms with Gasteiger partial charge in [0.25, 0.3) is 0 Å². The van der Waals surface area contributed by atoms with Crippen molar-refractivity contribution < 1.29 is 47.6 Å². The Morgan fingerprint density at radius 2 is 1.04 bits per heavy atom. The van der Waals surface area contributed by atoms with Crippen molar-refractivity contribution in [1.29, 1.82) is 0 Å². The summed E-state index contributed by atoms with van der Waals surface area (Å²) in [7, 11) is -4.32. The van der Waals surface area contributed by atoms with Crippen molar-refractivity contribution in [2.24, 2.45) is 0 Å². The average molecular weight is 429 g/mol. The maximum Gasteiger partial charge on any atom is 1.00 e. The second-order valence-corrected chi connectivity index (χ2v) is 9.83. The maximum atomic E-state index is 11.5. The summed E-state index contributed by atoms with van der Waals surface area (Å²) in [6, 6.07) is 0. The zero-order valence-electron chi connectivity index (χ0n) is 19.0. The van der Waals surface area contributed by atoms with Crippen LogP contribution in [0.3, 0.4) is 0 Å². The van der Waals surface area contributed by atoms with E-state index in [-0.39, 0.29) is 36.0 Å². The zero-order valence-corrected chi connectivity index (χ0v) is 21.8. The minimum atomic E-state index is -4.32. The Hall–Kier alpha value is 0.870. The van der Waals surface area contributed by atoms with Crippen LogP contribution in [0.25, 0.3) is 0 Å². The Bertz CT molecular complexity index is 415. The van der Waals surface area contributed by atoms with Crippen LogP contribution in [0.1, 0.15) is 129 Å². The van der Waals surface area contributed by atoms with E-state index >= 15 is 0 Å². The van der Waals surface area contributed by atoms with Crippen LogP contribution >= 0.6 is 0 Å². The summed E-state index contributed by atoms with van der Waals surface area (Å²) in [5.74, 6) is 0. The molecule has 0 aliphatic carbocycles. The first-order chi connectivity index (χ1) is 12.9. The molecular weight excluding hydrogens is 383 g/mol. The number of aliphatic hydroxyl groups excluding tert-OH is 1. The van der Waals surface area contributed by atoms with E-state index in [1.54, 1.807) is 0 Å². The van der Waals surface area contributed by atoms with Crippen LogP contribution in [0.2, 0.25) is 0 Å². The monoisotopic (exact) mass is 428 g/mol. The molecule has 0 radical (unpaired) electrons. The SMILES string of the molecule is CCCCCCCCCCC(CC(O)CCCCCCCCC)S(=O)(=O)[O-].[Na+]. The molecule has 6 heteroatoms. The third-order valence-corrected chi connectivity index (χ3v) is 6.71. The normalized spacial score (nSPS) is 13.9. The van der Waals surface area contributed by atoms with E-state index in [0.717, 1.165) is 32.1 Å². The second kappa shape index (κ2) is 21.1. The molecule has 0 saturated carbocycles. The molecule has 1 N–H and O–H groups in total. The Labute approximate surface area is 197 Å². The fourth-order valence-electron chi connectivity index (χ4n) is 3.64. The van der Waals surface area contributed by atoms with Gasteiger partial charge in [0, 0.05) is 0 Å². The van der Waals surface area contributed by atoms with Gasteiger partial charge in [0.1, 0.15) is 0 Å². The molecule has 0 rings (SSSR count). The number of rotatable bonds is 20. The number of hydrogen-bond donors (Lipinski definition) is 1. The molecule has 0 aromatic heterocycles. The van der Waals surface area contributed by atoms with Crippen LogP contribution in [-0.2, 0) is 10.1 Å². The molecule has 0 saturated heterocycles. The predicted octanol–water partition coefficient (Wildman–Crippen LogP) is 3.33. The molecule has 2 unspecified atom stereocenters. The first kappa shape index (κ1) is 31.1. The van der Waals surface area contributed by atoms with E-state index in [2.05, 4.69) is 13.8 Å². The van der Waals surface area contributed by atoms with Gasteiger partial charge >= 0.3 is 29.6 Å². The average Bonchev–Trinajstić information content (AvgIpc) is 2.61. The number of aliphatic hydroxyl groups is 1. The van der Waals surface area contributed by atoms with Crippen molar-refractivity contribution >= 4 is 10.1 Å². The van der Waals surface area contributed by atoms with E-state index in [9.17, 15) is 18.1 Å². The summed E-state index contributed by atoms with van der Waals surface area (Å²) in [6.07, 6.45) is 17.7. The van der Waals surface area contributed by atoms with Crippen molar-refractivity contribution in [1.82, 2.24) is 0 Å². The summed E-state index contributed by atoms with van der Waals surface area (Å²) in [5.41, 5.74) is 0. The predicted molar refractivity (Wildman–Crippen MR) is 114 cm³/mol. The fourth-order valence-corrected chi connectivity index (χ4v) is 4.56. The van der Waals surface area contributed by atoms with Crippen LogP contribution in [0, 0.1) is 0 Å². The van der Waals surface area contributed by atoms with Gasteiger partial charge in [0.15, 0.2) is 0 Å². The summed E-state index contributed by atoms with van der Waals surface area (Å²) < 4.78 is 34.5. The van der Waals surface area contributed by atoms with E-state index in [1.165, 1.54) is 64.2 Å². The van der Waals surface area contributed by atoms with Gasteiger partial charge < -0.3 is 9.66 Å². The van der Waals surface area contributed by atoms with Gasteiger partial charge in [-0.25, -0.2) is 8.42 Å². The fraction of sp³-hybridized carbons (Fsp3) is 1.00. The molecule has 28 heavy (non-hydrogen) atoms. The third-order valence-electron chi connectivity index (χ3n) is 5.46. The van der Waals surface area contributed by atoms with Crippen molar-refractivity contribution in [3.63, 3.8) is 0 Å². The molecule has 2 atom stereocenters. The van der Waals surface area contributed by atoms with E-state index in [1.807, 2.05) is 0 Å². The Morgan fingerprint density at radius 1 is 0.679 bits per heavy atom. The van der Waals surface area contributed by atoms with Crippen LogP contribution in [-0.4, -0.2) is 29.4 Å². The molecule has 0 heterocycles. The maximum absolute atomic E-state index is 11.5. The first-order valence-electron chi connectivity index (χ1n) is 11.5. The largest absolute Gasteiger partial charge is 1.00 e. The minimum Gasteiger partial charge on any atom is -0.748 e. The van der Waals surface area contributed by atoms with Gasteiger partial charge in [0.2, 0.25) is 0 Å². The number of hydrogen-bond acceptors (Lipinski definition) is 4. The van der Waals surface area contributed by atoms with Gasteiger partial charge in [-0.05, 0) is 19.3 Å². The molecule has 0 aliphatic heterocycles. The minimum absolute atomic E-state index is 0. The first-order valence-corrected chi connectivity index (χ1v) is 13.0. The van der Waals surface area contributed by atoms with Gasteiger partial charge in [0.05, 0.1) is 21.5 Å². The Balaban J connectivity index is 0. The van der Waals surface area contributed by atoms with Crippen LogP contribution < -0.4 is 29.6 Å². The summed E-state index contributed by atoms with van der Waals surface area (Å²) >= 11 is 0. The van der Waals surface area contributed by atoms with Crippen molar-refractivity contribution in [2.45, 2.75) is 141 Å².